The molecular weight excluding hydrogens is 160 g/mol. The molecule has 1 aliphatic rings. The van der Waals surface area contributed by atoms with Crippen molar-refractivity contribution in [3.05, 3.63) is 0 Å². The molecule has 0 heterocycles. The Balaban J connectivity index is 2.12. The summed E-state index contributed by atoms with van der Waals surface area (Å²) in [5.41, 5.74) is 0. The molecule has 1 aliphatic carbocycles. The van der Waals surface area contributed by atoms with Crippen molar-refractivity contribution in [2.75, 3.05) is 12.5 Å². The third-order valence-electron chi connectivity index (χ3n) is 2.32. The number of hydrogen-bond donors (Lipinski definition) is 0. The van der Waals surface area contributed by atoms with Crippen molar-refractivity contribution >= 4 is 11.6 Å². The van der Waals surface area contributed by atoms with Gasteiger partial charge in [0.2, 0.25) is 0 Å². The maximum atomic E-state index is 5.57. The smallest absolute Gasteiger partial charge is 0.0605 e. The van der Waals surface area contributed by atoms with E-state index in [2.05, 4.69) is 6.92 Å². The van der Waals surface area contributed by atoms with E-state index in [1.807, 2.05) is 0 Å². The number of rotatable bonds is 3. The molecule has 2 unspecified atom stereocenters. The van der Waals surface area contributed by atoms with Crippen molar-refractivity contribution in [3.8, 4) is 0 Å². The summed E-state index contributed by atoms with van der Waals surface area (Å²) in [6.07, 6.45) is 5.67. The first-order chi connectivity index (χ1) is 5.33. The quantitative estimate of drug-likeness (QED) is 0.601. The number of hydrogen-bond acceptors (Lipinski definition) is 1. The van der Waals surface area contributed by atoms with Gasteiger partial charge in [0.1, 0.15) is 0 Å². The molecule has 0 amide bonds. The summed E-state index contributed by atoms with van der Waals surface area (Å²) in [5, 5.41) is 0. The van der Waals surface area contributed by atoms with Gasteiger partial charge in [-0.3, -0.25) is 0 Å². The van der Waals surface area contributed by atoms with Crippen molar-refractivity contribution in [2.24, 2.45) is 5.92 Å². The van der Waals surface area contributed by atoms with Crippen LogP contribution in [0.1, 0.15) is 32.6 Å². The maximum Gasteiger partial charge on any atom is 0.0605 e. The van der Waals surface area contributed by atoms with E-state index in [4.69, 9.17) is 16.3 Å². The van der Waals surface area contributed by atoms with Gasteiger partial charge in [0.15, 0.2) is 0 Å². The van der Waals surface area contributed by atoms with Crippen molar-refractivity contribution in [1.82, 2.24) is 0 Å². The molecule has 2 atom stereocenters. The number of halogens is 1. The normalized spacial score (nSPS) is 32.2. The highest BCUT2D eigenvalue weighted by Gasteiger charge is 2.18. The van der Waals surface area contributed by atoms with Gasteiger partial charge in [0.25, 0.3) is 0 Å². The highest BCUT2D eigenvalue weighted by molar-refractivity contribution is 6.17. The number of alkyl halides is 1. The summed E-state index contributed by atoms with van der Waals surface area (Å²) in [6.45, 7) is 3.02. The molecule has 1 fully saturated rings. The molecule has 0 aromatic heterocycles. The zero-order chi connectivity index (χ0) is 8.10. The predicted octanol–water partition coefficient (Wildman–Crippen LogP) is 2.82. The molecular formula is C9H17ClO. The van der Waals surface area contributed by atoms with Crippen LogP contribution in [0.15, 0.2) is 0 Å². The zero-order valence-corrected chi connectivity index (χ0v) is 7.94. The molecule has 0 aromatic rings. The summed E-state index contributed by atoms with van der Waals surface area (Å²) >= 11 is 5.53. The minimum Gasteiger partial charge on any atom is -0.377 e. The van der Waals surface area contributed by atoms with Crippen LogP contribution in [0.2, 0.25) is 0 Å². The van der Waals surface area contributed by atoms with Crippen LogP contribution in [0.5, 0.6) is 0 Å². The Morgan fingerprint density at radius 3 is 2.91 bits per heavy atom. The standard InChI is InChI=1S/C9H17ClO/c1-8-3-2-4-9(7-8)11-6-5-10/h8-9H,2-7H2,1H3. The summed E-state index contributed by atoms with van der Waals surface area (Å²) in [6, 6.07) is 0. The van der Waals surface area contributed by atoms with Crippen LogP contribution in [0.4, 0.5) is 0 Å². The Labute approximate surface area is 74.1 Å². The molecule has 0 saturated heterocycles. The largest absolute Gasteiger partial charge is 0.377 e. The van der Waals surface area contributed by atoms with E-state index in [9.17, 15) is 0 Å². The van der Waals surface area contributed by atoms with Crippen LogP contribution in [-0.2, 0) is 4.74 Å². The molecule has 1 rings (SSSR count). The van der Waals surface area contributed by atoms with Crippen molar-refractivity contribution in [2.45, 2.75) is 38.7 Å². The summed E-state index contributed by atoms with van der Waals surface area (Å²) in [4.78, 5) is 0. The monoisotopic (exact) mass is 176 g/mol. The van der Waals surface area contributed by atoms with E-state index in [-0.39, 0.29) is 0 Å². The Morgan fingerprint density at radius 1 is 1.45 bits per heavy atom. The molecule has 1 nitrogen and oxygen atoms in total. The average molecular weight is 177 g/mol. The minimum atomic E-state index is 0.498. The van der Waals surface area contributed by atoms with E-state index < -0.39 is 0 Å². The first-order valence-corrected chi connectivity index (χ1v) is 5.04. The molecule has 11 heavy (non-hydrogen) atoms. The molecule has 0 radical (unpaired) electrons. The zero-order valence-electron chi connectivity index (χ0n) is 7.18. The Morgan fingerprint density at radius 2 is 2.27 bits per heavy atom. The van der Waals surface area contributed by atoms with Gasteiger partial charge in [0, 0.05) is 5.88 Å². The van der Waals surface area contributed by atoms with Gasteiger partial charge in [-0.1, -0.05) is 19.8 Å². The van der Waals surface area contributed by atoms with Gasteiger partial charge in [-0.25, -0.2) is 0 Å². The molecule has 1 saturated carbocycles. The van der Waals surface area contributed by atoms with Gasteiger partial charge < -0.3 is 4.74 Å². The molecule has 66 valence electrons. The molecule has 0 N–H and O–H groups in total. The van der Waals surface area contributed by atoms with Crippen molar-refractivity contribution < 1.29 is 4.74 Å². The van der Waals surface area contributed by atoms with E-state index >= 15 is 0 Å². The van der Waals surface area contributed by atoms with Gasteiger partial charge in [-0.15, -0.1) is 11.6 Å². The van der Waals surface area contributed by atoms with Crippen LogP contribution in [0.3, 0.4) is 0 Å². The lowest BCUT2D eigenvalue weighted by atomic mass is 9.89. The summed E-state index contributed by atoms with van der Waals surface area (Å²) in [5.74, 6) is 1.48. The molecule has 0 aromatic carbocycles. The lowest BCUT2D eigenvalue weighted by Gasteiger charge is -2.26. The SMILES string of the molecule is CC1CCCC(OCCCl)C1. The maximum absolute atomic E-state index is 5.57. The van der Waals surface area contributed by atoms with Crippen LogP contribution in [0.25, 0.3) is 0 Å². The minimum absolute atomic E-state index is 0.498. The summed E-state index contributed by atoms with van der Waals surface area (Å²) in [7, 11) is 0. The van der Waals surface area contributed by atoms with Crippen LogP contribution in [0, 0.1) is 5.92 Å². The first-order valence-electron chi connectivity index (χ1n) is 4.50. The number of ether oxygens (including phenoxy) is 1. The highest BCUT2D eigenvalue weighted by atomic mass is 35.5. The first kappa shape index (κ1) is 9.34. The second-order valence-corrected chi connectivity index (χ2v) is 3.83. The third kappa shape index (κ3) is 3.44. The fourth-order valence-electron chi connectivity index (χ4n) is 1.74. The lowest BCUT2D eigenvalue weighted by molar-refractivity contribution is 0.0243. The second kappa shape index (κ2) is 5.00. The van der Waals surface area contributed by atoms with E-state index in [0.29, 0.717) is 12.0 Å². The molecule has 0 aliphatic heterocycles. The Kier molecular flexibility index (Phi) is 4.24. The molecule has 0 bridgehead atoms. The predicted molar refractivity (Wildman–Crippen MR) is 48.1 cm³/mol. The van der Waals surface area contributed by atoms with Gasteiger partial charge in [-0.2, -0.15) is 0 Å². The average Bonchev–Trinajstić information content (AvgIpc) is 2.01. The van der Waals surface area contributed by atoms with Gasteiger partial charge in [-0.05, 0) is 18.8 Å². The lowest BCUT2D eigenvalue weighted by Crippen LogP contribution is -2.22. The van der Waals surface area contributed by atoms with Crippen LogP contribution >= 0.6 is 11.6 Å². The molecule has 2 heteroatoms. The van der Waals surface area contributed by atoms with Crippen LogP contribution in [-0.4, -0.2) is 18.6 Å². The van der Waals surface area contributed by atoms with Gasteiger partial charge >= 0.3 is 0 Å². The van der Waals surface area contributed by atoms with Crippen LogP contribution < -0.4 is 0 Å². The topological polar surface area (TPSA) is 9.23 Å². The van der Waals surface area contributed by atoms with E-state index in [0.717, 1.165) is 12.5 Å². The van der Waals surface area contributed by atoms with E-state index in [1.165, 1.54) is 25.7 Å². The van der Waals surface area contributed by atoms with Gasteiger partial charge in [0.05, 0.1) is 12.7 Å². The Hall–Kier alpha value is 0.250. The fraction of sp³-hybridized carbons (Fsp3) is 1.00. The summed E-state index contributed by atoms with van der Waals surface area (Å²) < 4.78 is 5.57. The van der Waals surface area contributed by atoms with E-state index in [1.54, 1.807) is 0 Å². The van der Waals surface area contributed by atoms with Crippen molar-refractivity contribution in [3.63, 3.8) is 0 Å². The fourth-order valence-corrected chi connectivity index (χ4v) is 1.83. The second-order valence-electron chi connectivity index (χ2n) is 3.45. The van der Waals surface area contributed by atoms with Crippen molar-refractivity contribution in [1.29, 1.82) is 0 Å². The third-order valence-corrected chi connectivity index (χ3v) is 2.47. The molecule has 0 spiro atoms. The highest BCUT2D eigenvalue weighted by Crippen LogP contribution is 2.25. The Bertz CT molecular complexity index is 106.